The van der Waals surface area contributed by atoms with Gasteiger partial charge in [0.2, 0.25) is 5.91 Å². The third-order valence-corrected chi connectivity index (χ3v) is 6.11. The molecule has 23 heavy (non-hydrogen) atoms. The molecule has 0 aromatic carbocycles. The summed E-state index contributed by atoms with van der Waals surface area (Å²) >= 11 is 0. The molecule has 1 atom stereocenters. The highest BCUT2D eigenvalue weighted by molar-refractivity contribution is 5.78. The second-order valence-corrected chi connectivity index (χ2v) is 7.66. The van der Waals surface area contributed by atoms with Crippen LogP contribution in [-0.4, -0.2) is 58.6 Å². The first-order valence-corrected chi connectivity index (χ1v) is 9.30. The van der Waals surface area contributed by atoms with Gasteiger partial charge < -0.3 is 4.90 Å². The number of nitrogens with zero attached hydrogens (tertiary/aromatic N) is 3. The second kappa shape index (κ2) is 6.27. The minimum absolute atomic E-state index is 0.151. The van der Waals surface area contributed by atoms with E-state index in [-0.39, 0.29) is 5.41 Å². The summed E-state index contributed by atoms with van der Waals surface area (Å²) in [7, 11) is 0. The quantitative estimate of drug-likeness (QED) is 0.909. The molecule has 1 N–H and O–H groups in total. The number of rotatable bonds is 2. The molecule has 1 amide bonds. The van der Waals surface area contributed by atoms with E-state index in [0.29, 0.717) is 12.5 Å². The lowest BCUT2D eigenvalue weighted by Gasteiger charge is -2.41. The molecule has 0 radical (unpaired) electrons. The normalized spacial score (nSPS) is 28.8. The molecule has 0 saturated carbocycles. The number of hydrogen-bond donors (Lipinski definition) is 1. The number of nitrogens with one attached hydrogen (secondary N) is 1. The van der Waals surface area contributed by atoms with Crippen LogP contribution in [0.1, 0.15) is 56.2 Å². The fourth-order valence-corrected chi connectivity index (χ4v) is 4.80. The lowest BCUT2D eigenvalue weighted by molar-refractivity contribution is -0.134. The maximum Gasteiger partial charge on any atom is 0.236 e. The van der Waals surface area contributed by atoms with Gasteiger partial charge in [-0.2, -0.15) is 5.10 Å². The Bertz CT molecular complexity index is 561. The van der Waals surface area contributed by atoms with Crippen LogP contribution in [0.15, 0.2) is 6.20 Å². The van der Waals surface area contributed by atoms with Crippen LogP contribution in [0.3, 0.4) is 0 Å². The van der Waals surface area contributed by atoms with Gasteiger partial charge in [0, 0.05) is 24.2 Å². The number of likely N-dealkylation sites (tertiary alicyclic amines) is 2. The van der Waals surface area contributed by atoms with Gasteiger partial charge in [-0.25, -0.2) is 0 Å². The van der Waals surface area contributed by atoms with Gasteiger partial charge in [-0.15, -0.1) is 0 Å². The molecule has 0 bridgehead atoms. The van der Waals surface area contributed by atoms with Gasteiger partial charge in [0.25, 0.3) is 0 Å². The van der Waals surface area contributed by atoms with Crippen LogP contribution in [0.4, 0.5) is 0 Å². The van der Waals surface area contributed by atoms with Crippen LogP contribution in [0.25, 0.3) is 0 Å². The van der Waals surface area contributed by atoms with Crippen molar-refractivity contribution in [2.75, 3.05) is 32.7 Å². The van der Waals surface area contributed by atoms with Gasteiger partial charge in [-0.3, -0.25) is 14.8 Å². The Morgan fingerprint density at radius 3 is 2.78 bits per heavy atom. The Balaban J connectivity index is 1.42. The summed E-state index contributed by atoms with van der Waals surface area (Å²) < 4.78 is 0. The number of aromatic nitrogens is 2. The van der Waals surface area contributed by atoms with E-state index in [0.717, 1.165) is 39.0 Å². The molecule has 2 saturated heterocycles. The summed E-state index contributed by atoms with van der Waals surface area (Å²) in [4.78, 5) is 17.3. The van der Waals surface area contributed by atoms with E-state index in [1.165, 1.54) is 49.8 Å². The van der Waals surface area contributed by atoms with Crippen molar-refractivity contribution in [3.63, 3.8) is 0 Å². The number of hydrogen-bond acceptors (Lipinski definition) is 3. The molecule has 1 spiro atoms. The van der Waals surface area contributed by atoms with E-state index in [9.17, 15) is 4.79 Å². The van der Waals surface area contributed by atoms with Crippen molar-refractivity contribution in [2.24, 2.45) is 0 Å². The van der Waals surface area contributed by atoms with Crippen molar-refractivity contribution in [3.8, 4) is 0 Å². The summed E-state index contributed by atoms with van der Waals surface area (Å²) in [6.07, 6.45) is 11.7. The van der Waals surface area contributed by atoms with Crippen molar-refractivity contribution in [1.29, 1.82) is 0 Å². The average Bonchev–Trinajstić information content (AvgIpc) is 3.06. The molecular weight excluding hydrogens is 288 g/mol. The Labute approximate surface area is 138 Å². The lowest BCUT2D eigenvalue weighted by atomic mass is 9.77. The van der Waals surface area contributed by atoms with Crippen LogP contribution in [0, 0.1) is 0 Å². The van der Waals surface area contributed by atoms with Gasteiger partial charge in [0.15, 0.2) is 0 Å². The SMILES string of the molecule is O=C(CN1CCCCCC1)N1CCCC2(CCc3cn[nH]c32)C1. The number of piperidine rings is 1. The molecule has 1 aliphatic carbocycles. The van der Waals surface area contributed by atoms with E-state index < -0.39 is 0 Å². The van der Waals surface area contributed by atoms with Crippen LogP contribution in [0.2, 0.25) is 0 Å². The maximum atomic E-state index is 12.8. The van der Waals surface area contributed by atoms with E-state index in [4.69, 9.17) is 0 Å². The minimum atomic E-state index is 0.151. The topological polar surface area (TPSA) is 52.2 Å². The monoisotopic (exact) mass is 316 g/mol. The zero-order chi connectivity index (χ0) is 15.7. The molecule has 5 heteroatoms. The smallest absolute Gasteiger partial charge is 0.236 e. The third-order valence-electron chi connectivity index (χ3n) is 6.11. The molecule has 1 unspecified atom stereocenters. The number of fused-ring (bicyclic) bond motifs is 2. The fourth-order valence-electron chi connectivity index (χ4n) is 4.80. The average molecular weight is 316 g/mol. The lowest BCUT2D eigenvalue weighted by Crippen LogP contribution is -2.50. The summed E-state index contributed by atoms with van der Waals surface area (Å²) in [6, 6.07) is 0. The van der Waals surface area contributed by atoms with Crippen molar-refractivity contribution >= 4 is 5.91 Å². The zero-order valence-corrected chi connectivity index (χ0v) is 14.0. The molecule has 3 aliphatic rings. The zero-order valence-electron chi connectivity index (χ0n) is 14.0. The maximum absolute atomic E-state index is 12.8. The van der Waals surface area contributed by atoms with Crippen LogP contribution >= 0.6 is 0 Å². The first-order chi connectivity index (χ1) is 11.3. The van der Waals surface area contributed by atoms with Crippen LogP contribution < -0.4 is 0 Å². The molecule has 1 aromatic rings. The summed E-state index contributed by atoms with van der Waals surface area (Å²) in [5, 5.41) is 7.46. The first-order valence-electron chi connectivity index (χ1n) is 9.30. The minimum Gasteiger partial charge on any atom is -0.341 e. The van der Waals surface area contributed by atoms with E-state index >= 15 is 0 Å². The molecule has 4 rings (SSSR count). The van der Waals surface area contributed by atoms with E-state index in [1.807, 2.05) is 6.20 Å². The first kappa shape index (κ1) is 15.2. The highest BCUT2D eigenvalue weighted by atomic mass is 16.2. The number of carbonyl (C=O) groups excluding carboxylic acids is 1. The number of H-pyrrole nitrogens is 1. The predicted octanol–water partition coefficient (Wildman–Crippen LogP) is 2.09. The molecule has 126 valence electrons. The molecule has 2 aliphatic heterocycles. The Hall–Kier alpha value is -1.36. The summed E-state index contributed by atoms with van der Waals surface area (Å²) in [5.74, 6) is 0.332. The predicted molar refractivity (Wildman–Crippen MR) is 89.3 cm³/mol. The van der Waals surface area contributed by atoms with Crippen molar-refractivity contribution in [2.45, 2.75) is 56.8 Å². The molecule has 3 heterocycles. The highest BCUT2D eigenvalue weighted by Crippen LogP contribution is 2.43. The fraction of sp³-hybridized carbons (Fsp3) is 0.778. The number of amides is 1. The van der Waals surface area contributed by atoms with Gasteiger partial charge in [-0.1, -0.05) is 12.8 Å². The van der Waals surface area contributed by atoms with Gasteiger partial charge in [0.05, 0.1) is 12.7 Å². The standard InChI is InChI=1S/C18H28N4O/c23-16(13-21-9-3-1-2-4-10-21)22-11-5-7-18(14-22)8-6-15-12-19-20-17(15)18/h12H,1-11,13-14H2,(H,19,20). The third kappa shape index (κ3) is 2.91. The van der Waals surface area contributed by atoms with Gasteiger partial charge >= 0.3 is 0 Å². The molecule has 1 aromatic heterocycles. The number of aromatic amines is 1. The van der Waals surface area contributed by atoms with Crippen molar-refractivity contribution < 1.29 is 4.79 Å². The Morgan fingerprint density at radius 1 is 1.13 bits per heavy atom. The Morgan fingerprint density at radius 2 is 1.96 bits per heavy atom. The second-order valence-electron chi connectivity index (χ2n) is 7.66. The van der Waals surface area contributed by atoms with Crippen molar-refractivity contribution in [3.05, 3.63) is 17.5 Å². The van der Waals surface area contributed by atoms with Gasteiger partial charge in [-0.05, 0) is 57.2 Å². The number of aryl methyl sites for hydroxylation is 1. The van der Waals surface area contributed by atoms with Gasteiger partial charge in [0.1, 0.15) is 0 Å². The number of carbonyl (C=O) groups is 1. The van der Waals surface area contributed by atoms with Crippen LogP contribution in [0.5, 0.6) is 0 Å². The van der Waals surface area contributed by atoms with Crippen LogP contribution in [-0.2, 0) is 16.6 Å². The molecule has 2 fully saturated rings. The molecular formula is C18H28N4O. The Kier molecular flexibility index (Phi) is 4.14. The molecule has 5 nitrogen and oxygen atoms in total. The largest absolute Gasteiger partial charge is 0.341 e. The van der Waals surface area contributed by atoms with Crippen molar-refractivity contribution in [1.82, 2.24) is 20.0 Å². The van der Waals surface area contributed by atoms with E-state index in [1.54, 1.807) is 0 Å². The van der Waals surface area contributed by atoms with E-state index in [2.05, 4.69) is 20.0 Å². The summed E-state index contributed by atoms with van der Waals surface area (Å²) in [5.41, 5.74) is 2.83. The highest BCUT2D eigenvalue weighted by Gasteiger charge is 2.44. The summed E-state index contributed by atoms with van der Waals surface area (Å²) in [6.45, 7) is 4.61.